The number of amides is 4. The summed E-state index contributed by atoms with van der Waals surface area (Å²) < 4.78 is 34.1. The molecule has 4 amide bonds. The molecule has 2 aromatic carbocycles. The van der Waals surface area contributed by atoms with Crippen LogP contribution in [0.3, 0.4) is 0 Å². The lowest BCUT2D eigenvalue weighted by Gasteiger charge is -2.34. The van der Waals surface area contributed by atoms with Gasteiger partial charge in [-0.05, 0) is 170 Å². The van der Waals surface area contributed by atoms with E-state index in [-0.39, 0.29) is 31.5 Å². The third-order valence-electron chi connectivity index (χ3n) is 7.44. The molecule has 0 heterocycles. The molecule has 0 aliphatic rings. The number of benzene rings is 2. The molecular formula is C44H66N6O10. The normalized spacial score (nSPS) is 12.1. The average Bonchev–Trinajstić information content (AvgIpc) is 3.08. The third kappa shape index (κ3) is 20.3. The molecule has 60 heavy (non-hydrogen) atoms. The fraction of sp³-hybridized carbons (Fsp3) is 0.568. The highest BCUT2D eigenvalue weighted by atomic mass is 16.6. The smallest absolute Gasteiger partial charge is 0.437 e. The molecule has 0 saturated carbocycles. The number of aliphatic imine (C=N–C) groups is 1. The zero-order chi connectivity index (χ0) is 45.5. The Morgan fingerprint density at radius 2 is 0.950 bits per heavy atom. The van der Waals surface area contributed by atoms with E-state index in [1.165, 1.54) is 0 Å². The van der Waals surface area contributed by atoms with Gasteiger partial charge in [0.15, 0.2) is 0 Å². The summed E-state index contributed by atoms with van der Waals surface area (Å²) in [7, 11) is 0. The van der Waals surface area contributed by atoms with Crippen LogP contribution in [0.1, 0.15) is 127 Å². The van der Waals surface area contributed by atoms with E-state index in [1.807, 2.05) is 0 Å². The number of ether oxygens (including phenoxy) is 6. The van der Waals surface area contributed by atoms with Crippen LogP contribution in [-0.2, 0) is 18.9 Å². The van der Waals surface area contributed by atoms with Crippen LogP contribution >= 0.6 is 0 Å². The summed E-state index contributed by atoms with van der Waals surface area (Å²) >= 11 is 0. The zero-order valence-corrected chi connectivity index (χ0v) is 37.7. The highest BCUT2D eigenvalue weighted by Gasteiger charge is 2.35. The molecule has 2 aromatic rings. The van der Waals surface area contributed by atoms with Gasteiger partial charge in [0, 0.05) is 24.4 Å². The zero-order valence-electron chi connectivity index (χ0n) is 37.7. The van der Waals surface area contributed by atoms with Crippen LogP contribution in [0.15, 0.2) is 53.5 Å². The maximum atomic E-state index is 14.0. The van der Waals surface area contributed by atoms with Crippen LogP contribution in [-0.4, -0.2) is 100 Å². The first-order chi connectivity index (χ1) is 27.6. The topological polar surface area (TPSA) is 202 Å². The molecule has 0 bridgehead atoms. The minimum absolute atomic E-state index is 0.00496. The summed E-state index contributed by atoms with van der Waals surface area (Å²) in [6.45, 7) is 22.7. The van der Waals surface area contributed by atoms with Crippen molar-refractivity contribution in [2.45, 2.75) is 138 Å². The van der Waals surface area contributed by atoms with Gasteiger partial charge < -0.3 is 33.8 Å². The predicted molar refractivity (Wildman–Crippen MR) is 231 cm³/mol. The summed E-state index contributed by atoms with van der Waals surface area (Å²) in [6, 6.07) is 13.8. The molecular weight excluding hydrogens is 773 g/mol. The minimum Gasteiger partial charge on any atom is -0.494 e. The predicted octanol–water partition coefficient (Wildman–Crippen LogP) is 9.71. The molecule has 332 valence electrons. The van der Waals surface area contributed by atoms with Gasteiger partial charge in [-0.1, -0.05) is 0 Å². The SMILES string of the molecule is CC(=N)c1ccc(OCCCCN(C(=O)OC(C)(C)C)/C(=N\C(=O)OC(C)(C)C)N(CCCCOc2ccc(C(=N)NC(=O)OC(C)(C)C)cc2)C(=O)OC(C)(C)C)cc1. The van der Waals surface area contributed by atoms with E-state index in [4.69, 9.17) is 39.2 Å². The maximum Gasteiger partial charge on any atom is 0.437 e. The molecule has 3 N–H and O–H groups in total. The summed E-state index contributed by atoms with van der Waals surface area (Å²) in [5, 5.41) is 18.4. The Morgan fingerprint density at radius 1 is 0.567 bits per heavy atom. The van der Waals surface area contributed by atoms with Gasteiger partial charge in [0.2, 0.25) is 5.96 Å². The summed E-state index contributed by atoms with van der Waals surface area (Å²) in [5.74, 6) is 0.696. The van der Waals surface area contributed by atoms with E-state index < -0.39 is 46.8 Å². The molecule has 0 aromatic heterocycles. The van der Waals surface area contributed by atoms with Crippen LogP contribution in [0.4, 0.5) is 19.2 Å². The second-order valence-electron chi connectivity index (χ2n) is 17.9. The van der Waals surface area contributed by atoms with Gasteiger partial charge in [-0.3, -0.25) is 10.7 Å². The van der Waals surface area contributed by atoms with Crippen molar-refractivity contribution in [2.75, 3.05) is 26.3 Å². The Balaban J connectivity index is 2.32. The van der Waals surface area contributed by atoms with Crippen molar-refractivity contribution >= 4 is 41.9 Å². The lowest BCUT2D eigenvalue weighted by atomic mass is 10.1. The fourth-order valence-electron chi connectivity index (χ4n) is 4.93. The van der Waals surface area contributed by atoms with Gasteiger partial charge in [0.05, 0.1) is 13.2 Å². The molecule has 0 aliphatic carbocycles. The second kappa shape index (κ2) is 22.1. The number of guanidine groups is 1. The lowest BCUT2D eigenvalue weighted by molar-refractivity contribution is 0.0269. The lowest BCUT2D eigenvalue weighted by Crippen LogP contribution is -2.53. The van der Waals surface area contributed by atoms with Gasteiger partial charge in [-0.15, -0.1) is 4.99 Å². The van der Waals surface area contributed by atoms with E-state index in [1.54, 1.807) is 139 Å². The first kappa shape index (κ1) is 50.5. The number of amidine groups is 1. The van der Waals surface area contributed by atoms with E-state index in [9.17, 15) is 19.2 Å². The summed E-state index contributed by atoms with van der Waals surface area (Å²) in [5.41, 5.74) is -1.83. The molecule has 0 aliphatic heterocycles. The van der Waals surface area contributed by atoms with Gasteiger partial charge in [-0.2, -0.15) is 0 Å². The van der Waals surface area contributed by atoms with Crippen LogP contribution < -0.4 is 14.8 Å². The molecule has 0 atom stereocenters. The molecule has 0 unspecified atom stereocenters. The number of nitrogens with one attached hydrogen (secondary N) is 3. The largest absolute Gasteiger partial charge is 0.494 e. The van der Waals surface area contributed by atoms with E-state index in [0.29, 0.717) is 55.1 Å². The van der Waals surface area contributed by atoms with Crippen molar-refractivity contribution in [1.82, 2.24) is 15.1 Å². The molecule has 0 fully saturated rings. The monoisotopic (exact) mass is 838 g/mol. The quantitative estimate of drug-likeness (QED) is 0.0711. The number of carbonyl (C=O) groups excluding carboxylic acids is 4. The fourth-order valence-corrected chi connectivity index (χ4v) is 4.93. The van der Waals surface area contributed by atoms with Gasteiger partial charge >= 0.3 is 24.4 Å². The van der Waals surface area contributed by atoms with Crippen LogP contribution in [0.2, 0.25) is 0 Å². The number of nitrogens with zero attached hydrogens (tertiary/aromatic N) is 3. The first-order valence-electron chi connectivity index (χ1n) is 20.1. The van der Waals surface area contributed by atoms with E-state index in [2.05, 4.69) is 10.3 Å². The number of unbranched alkanes of at least 4 members (excludes halogenated alkanes) is 2. The maximum absolute atomic E-state index is 14.0. The Bertz CT molecular complexity index is 1800. The standard InChI is InChI=1S/C44H66N6O10/c1-30(45)31-18-22-33(23-19-31)55-28-16-14-26-49(39(53)59-43(8,9)10)36(48-38(52)58-42(5,6)7)50(40(54)60-44(11,12)13)27-15-17-29-56-34-24-20-32(21-25-34)35(46)47-37(51)57-41(2,3)4/h18-25,45H,14-17,26-29H2,1-13H3,(H2,46,47,51)/b45-30?,48-36+. The second-order valence-corrected chi connectivity index (χ2v) is 17.9. The van der Waals surface area contributed by atoms with Crippen molar-refractivity contribution < 1.29 is 47.6 Å². The summed E-state index contributed by atoms with van der Waals surface area (Å²) in [4.78, 5) is 59.8. The number of rotatable bonds is 14. The van der Waals surface area contributed by atoms with Crippen LogP contribution in [0.5, 0.6) is 11.5 Å². The molecule has 2 rings (SSSR count). The highest BCUT2D eigenvalue weighted by Crippen LogP contribution is 2.20. The van der Waals surface area contributed by atoms with Crippen LogP contribution in [0.25, 0.3) is 0 Å². The molecule has 0 radical (unpaired) electrons. The van der Waals surface area contributed by atoms with Crippen molar-refractivity contribution in [3.05, 3.63) is 59.7 Å². The Hall–Kier alpha value is -5.67. The minimum atomic E-state index is -1.02. The molecule has 16 heteroatoms. The van der Waals surface area contributed by atoms with Crippen molar-refractivity contribution in [2.24, 2.45) is 4.99 Å². The van der Waals surface area contributed by atoms with Gasteiger partial charge in [0.1, 0.15) is 39.7 Å². The molecule has 16 nitrogen and oxygen atoms in total. The van der Waals surface area contributed by atoms with Gasteiger partial charge in [-0.25, -0.2) is 29.0 Å². The van der Waals surface area contributed by atoms with Crippen molar-refractivity contribution in [3.8, 4) is 11.5 Å². The number of hydrogen-bond donors (Lipinski definition) is 3. The van der Waals surface area contributed by atoms with E-state index >= 15 is 0 Å². The highest BCUT2D eigenvalue weighted by molar-refractivity contribution is 6.05. The average molecular weight is 839 g/mol. The third-order valence-corrected chi connectivity index (χ3v) is 7.44. The van der Waals surface area contributed by atoms with E-state index in [0.717, 1.165) is 15.4 Å². The Kier molecular flexibility index (Phi) is 18.6. The van der Waals surface area contributed by atoms with Crippen molar-refractivity contribution in [1.29, 1.82) is 10.8 Å². The Labute approximate surface area is 355 Å². The van der Waals surface area contributed by atoms with Gasteiger partial charge in [0.25, 0.3) is 0 Å². The van der Waals surface area contributed by atoms with Crippen LogP contribution in [0, 0.1) is 10.8 Å². The molecule has 0 spiro atoms. The summed E-state index contributed by atoms with van der Waals surface area (Å²) in [6.07, 6.45) is -1.81. The number of alkyl carbamates (subject to hydrolysis) is 1. The first-order valence-corrected chi connectivity index (χ1v) is 20.1. The Morgan fingerprint density at radius 3 is 1.32 bits per heavy atom. The molecule has 0 saturated heterocycles. The van der Waals surface area contributed by atoms with Crippen molar-refractivity contribution in [3.63, 3.8) is 0 Å². The number of carbonyl (C=O) groups is 4. The number of hydrogen-bond acceptors (Lipinski definition) is 12.